The molecule has 3 rings (SSSR count). The third-order valence-corrected chi connectivity index (χ3v) is 3.75. The van der Waals surface area contributed by atoms with E-state index in [1.807, 2.05) is 30.3 Å². The van der Waals surface area contributed by atoms with Crippen molar-refractivity contribution in [2.45, 2.75) is 0 Å². The van der Waals surface area contributed by atoms with Gasteiger partial charge in [0.15, 0.2) is 11.5 Å². The SMILES string of the molecule is Oc1oc(-c2ccc(Br)cc2)nc1C=Nc1ccc(Br)cn1. The van der Waals surface area contributed by atoms with Gasteiger partial charge in [-0.2, -0.15) is 0 Å². The average Bonchev–Trinajstić information content (AvgIpc) is 2.88. The molecule has 0 saturated carbocycles. The Morgan fingerprint density at radius 2 is 1.77 bits per heavy atom. The van der Waals surface area contributed by atoms with Crippen molar-refractivity contribution in [3.63, 3.8) is 0 Å². The number of aromatic nitrogens is 2. The van der Waals surface area contributed by atoms with E-state index in [0.29, 0.717) is 11.7 Å². The van der Waals surface area contributed by atoms with Crippen LogP contribution in [0.4, 0.5) is 5.82 Å². The first-order valence-corrected chi connectivity index (χ1v) is 7.82. The molecule has 0 fully saturated rings. The van der Waals surface area contributed by atoms with E-state index in [1.165, 1.54) is 6.21 Å². The topological polar surface area (TPSA) is 71.5 Å². The number of nitrogens with zero attached hydrogens (tertiary/aromatic N) is 3. The van der Waals surface area contributed by atoms with Crippen LogP contribution >= 0.6 is 31.9 Å². The molecule has 0 atom stereocenters. The highest BCUT2D eigenvalue weighted by Crippen LogP contribution is 2.26. The summed E-state index contributed by atoms with van der Waals surface area (Å²) in [5.74, 6) is 0.560. The van der Waals surface area contributed by atoms with Crippen LogP contribution in [-0.4, -0.2) is 21.3 Å². The lowest BCUT2D eigenvalue weighted by Crippen LogP contribution is -1.83. The van der Waals surface area contributed by atoms with Gasteiger partial charge in [0.2, 0.25) is 5.89 Å². The molecule has 2 aromatic heterocycles. The molecule has 0 unspecified atom stereocenters. The number of hydrogen-bond donors (Lipinski definition) is 1. The maximum atomic E-state index is 9.81. The molecule has 5 nitrogen and oxygen atoms in total. The Bertz CT molecular complexity index is 812. The van der Waals surface area contributed by atoms with Gasteiger partial charge in [-0.25, -0.2) is 15.0 Å². The number of rotatable bonds is 3. The largest absolute Gasteiger partial charge is 0.479 e. The summed E-state index contributed by atoms with van der Waals surface area (Å²) in [6.07, 6.45) is 3.06. The normalized spacial score (nSPS) is 11.2. The summed E-state index contributed by atoms with van der Waals surface area (Å²) in [6.45, 7) is 0. The number of pyridine rings is 1. The Morgan fingerprint density at radius 1 is 1.05 bits per heavy atom. The van der Waals surface area contributed by atoms with Gasteiger partial charge in [-0.15, -0.1) is 0 Å². The smallest absolute Gasteiger partial charge is 0.312 e. The minimum absolute atomic E-state index is 0.252. The third-order valence-electron chi connectivity index (χ3n) is 2.76. The lowest BCUT2D eigenvalue weighted by Gasteiger charge is -1.94. The highest BCUT2D eigenvalue weighted by molar-refractivity contribution is 9.10. The van der Waals surface area contributed by atoms with Gasteiger partial charge in [-0.1, -0.05) is 15.9 Å². The van der Waals surface area contributed by atoms with E-state index >= 15 is 0 Å². The summed E-state index contributed by atoms with van der Waals surface area (Å²) in [5, 5.41) is 9.81. The number of halogens is 2. The Hall–Kier alpha value is -1.99. The van der Waals surface area contributed by atoms with E-state index in [1.54, 1.807) is 12.3 Å². The standard InChI is InChI=1S/C15H9Br2N3O2/c16-10-3-1-9(2-4-10)14-20-12(15(21)22-14)8-19-13-6-5-11(17)7-18-13/h1-8,21H. The molecule has 1 aromatic carbocycles. The number of aromatic hydroxyl groups is 1. The minimum Gasteiger partial charge on any atom is -0.479 e. The van der Waals surface area contributed by atoms with Crippen LogP contribution in [0, 0.1) is 0 Å². The van der Waals surface area contributed by atoms with E-state index in [0.717, 1.165) is 14.5 Å². The predicted molar refractivity (Wildman–Crippen MR) is 90.5 cm³/mol. The molecule has 0 bridgehead atoms. The molecular formula is C15H9Br2N3O2. The van der Waals surface area contributed by atoms with Crippen LogP contribution in [0.15, 0.2) is 61.0 Å². The van der Waals surface area contributed by atoms with Gasteiger partial charge in [0.05, 0.1) is 6.21 Å². The van der Waals surface area contributed by atoms with Crippen molar-refractivity contribution >= 4 is 43.9 Å². The first-order valence-electron chi connectivity index (χ1n) is 6.23. The van der Waals surface area contributed by atoms with E-state index in [4.69, 9.17) is 4.42 Å². The van der Waals surface area contributed by atoms with Crippen molar-refractivity contribution in [3.05, 3.63) is 57.2 Å². The fraction of sp³-hybridized carbons (Fsp3) is 0. The lowest BCUT2D eigenvalue weighted by molar-refractivity contribution is 0.337. The number of aliphatic imine (C=N–C) groups is 1. The summed E-state index contributed by atoms with van der Waals surface area (Å²) in [4.78, 5) is 12.5. The number of benzene rings is 1. The van der Waals surface area contributed by atoms with E-state index in [9.17, 15) is 5.11 Å². The summed E-state index contributed by atoms with van der Waals surface area (Å²) >= 11 is 6.66. The zero-order valence-electron chi connectivity index (χ0n) is 11.1. The zero-order valence-corrected chi connectivity index (χ0v) is 14.2. The highest BCUT2D eigenvalue weighted by atomic mass is 79.9. The van der Waals surface area contributed by atoms with Crippen LogP contribution in [0.1, 0.15) is 5.69 Å². The van der Waals surface area contributed by atoms with Crippen LogP contribution in [-0.2, 0) is 0 Å². The quantitative estimate of drug-likeness (QED) is 0.620. The van der Waals surface area contributed by atoms with Gasteiger partial charge < -0.3 is 9.52 Å². The van der Waals surface area contributed by atoms with Crippen molar-refractivity contribution in [1.29, 1.82) is 0 Å². The second-order valence-corrected chi connectivity index (χ2v) is 6.14. The van der Waals surface area contributed by atoms with Crippen molar-refractivity contribution in [2.24, 2.45) is 4.99 Å². The third kappa shape index (κ3) is 3.42. The molecule has 0 radical (unpaired) electrons. The van der Waals surface area contributed by atoms with Gasteiger partial charge in [-0.05, 0) is 52.3 Å². The summed E-state index contributed by atoms with van der Waals surface area (Å²) in [6, 6.07) is 11.0. The van der Waals surface area contributed by atoms with Gasteiger partial charge in [0.25, 0.3) is 0 Å². The molecule has 0 aliphatic carbocycles. The molecule has 0 saturated heterocycles. The molecular weight excluding hydrogens is 414 g/mol. The number of hydrogen-bond acceptors (Lipinski definition) is 5. The van der Waals surface area contributed by atoms with E-state index in [2.05, 4.69) is 46.8 Å². The molecule has 1 N–H and O–H groups in total. The molecule has 22 heavy (non-hydrogen) atoms. The van der Waals surface area contributed by atoms with Crippen LogP contribution < -0.4 is 0 Å². The summed E-state index contributed by atoms with van der Waals surface area (Å²) < 4.78 is 7.08. The Balaban J connectivity index is 1.86. The zero-order chi connectivity index (χ0) is 15.5. The summed E-state index contributed by atoms with van der Waals surface area (Å²) in [5.41, 5.74) is 1.02. The molecule has 110 valence electrons. The number of oxazole rings is 1. The van der Waals surface area contributed by atoms with Gasteiger partial charge in [0, 0.05) is 20.7 Å². The monoisotopic (exact) mass is 421 g/mol. The van der Waals surface area contributed by atoms with Crippen molar-refractivity contribution in [2.75, 3.05) is 0 Å². The van der Waals surface area contributed by atoms with Crippen LogP contribution in [0.25, 0.3) is 11.5 Å². The van der Waals surface area contributed by atoms with Crippen LogP contribution in [0.5, 0.6) is 5.95 Å². The molecule has 3 aromatic rings. The fourth-order valence-electron chi connectivity index (χ4n) is 1.70. The predicted octanol–water partition coefficient (Wildman–Crippen LogP) is 4.72. The first kappa shape index (κ1) is 14.9. The second kappa shape index (κ2) is 6.41. The molecule has 0 aliphatic heterocycles. The Morgan fingerprint density at radius 3 is 2.45 bits per heavy atom. The average molecular weight is 423 g/mol. The van der Waals surface area contributed by atoms with E-state index in [-0.39, 0.29) is 11.6 Å². The molecule has 2 heterocycles. The van der Waals surface area contributed by atoms with Gasteiger partial charge >= 0.3 is 5.95 Å². The minimum atomic E-state index is -0.279. The van der Waals surface area contributed by atoms with Crippen LogP contribution in [0.3, 0.4) is 0 Å². The Labute approximate surface area is 143 Å². The molecule has 7 heteroatoms. The molecule has 0 spiro atoms. The Kier molecular flexibility index (Phi) is 4.35. The highest BCUT2D eigenvalue weighted by Gasteiger charge is 2.12. The van der Waals surface area contributed by atoms with Gasteiger partial charge in [-0.3, -0.25) is 0 Å². The lowest BCUT2D eigenvalue weighted by atomic mass is 10.2. The fourth-order valence-corrected chi connectivity index (χ4v) is 2.19. The maximum Gasteiger partial charge on any atom is 0.312 e. The van der Waals surface area contributed by atoms with Crippen molar-refractivity contribution in [3.8, 4) is 17.4 Å². The van der Waals surface area contributed by atoms with Crippen molar-refractivity contribution < 1.29 is 9.52 Å². The van der Waals surface area contributed by atoms with Crippen LogP contribution in [0.2, 0.25) is 0 Å². The second-order valence-electron chi connectivity index (χ2n) is 4.31. The molecule has 0 aliphatic rings. The first-order chi connectivity index (χ1) is 10.6. The summed E-state index contributed by atoms with van der Waals surface area (Å²) in [7, 11) is 0. The van der Waals surface area contributed by atoms with Crippen molar-refractivity contribution in [1.82, 2.24) is 9.97 Å². The molecule has 0 amide bonds. The maximum absolute atomic E-state index is 9.81. The van der Waals surface area contributed by atoms with Gasteiger partial charge in [0.1, 0.15) is 0 Å². The van der Waals surface area contributed by atoms with E-state index < -0.39 is 0 Å².